The van der Waals surface area contributed by atoms with E-state index in [0.29, 0.717) is 11.3 Å². The molecule has 5 nitrogen and oxygen atoms in total. The number of carbonyl (C=O) groups excluding carboxylic acids is 2. The van der Waals surface area contributed by atoms with E-state index >= 15 is 0 Å². The molecular formula is C32H30N2O3. The third-order valence-corrected chi connectivity index (χ3v) is 7.91. The second kappa shape index (κ2) is 9.07. The summed E-state index contributed by atoms with van der Waals surface area (Å²) in [5, 5.41) is 12.6. The van der Waals surface area contributed by atoms with E-state index < -0.39 is 17.7 Å². The van der Waals surface area contributed by atoms with Crippen molar-refractivity contribution < 1.29 is 14.7 Å². The molecule has 6 rings (SSSR count). The van der Waals surface area contributed by atoms with Crippen LogP contribution in [0.2, 0.25) is 0 Å². The van der Waals surface area contributed by atoms with Gasteiger partial charge in [-0.05, 0) is 80.0 Å². The summed E-state index contributed by atoms with van der Waals surface area (Å²) in [7, 11) is 0. The first-order valence-corrected chi connectivity index (χ1v) is 13.1. The van der Waals surface area contributed by atoms with Crippen molar-refractivity contribution in [2.75, 3.05) is 4.90 Å². The van der Waals surface area contributed by atoms with E-state index in [0.717, 1.165) is 53.4 Å². The zero-order chi connectivity index (χ0) is 25.7. The monoisotopic (exact) mass is 490 g/mol. The lowest BCUT2D eigenvalue weighted by atomic mass is 9.88. The van der Waals surface area contributed by atoms with E-state index in [4.69, 9.17) is 0 Å². The molecule has 1 amide bonds. The highest BCUT2D eigenvalue weighted by molar-refractivity contribution is 6.52. The Kier molecular flexibility index (Phi) is 5.71. The standard InChI is InChI=1S/C32H30N2O3/c1-3-20-12-16-24(17-13-20)34-29(27-19(2)33-26-11-7-6-10-25(26)27)28(31(36)32(34)37)30(35)23-15-14-21-8-4-5-9-22(21)18-23/h6-7,10-18,29,33,35H,3-5,8-9H2,1-2H3/b30-28+. The Morgan fingerprint density at radius 3 is 2.46 bits per heavy atom. The highest BCUT2D eigenvalue weighted by atomic mass is 16.3. The third kappa shape index (κ3) is 3.77. The van der Waals surface area contributed by atoms with E-state index in [9.17, 15) is 14.7 Å². The van der Waals surface area contributed by atoms with E-state index in [-0.39, 0.29) is 11.3 Å². The number of carbonyl (C=O) groups is 2. The van der Waals surface area contributed by atoms with Crippen LogP contribution in [0, 0.1) is 6.92 Å². The fourth-order valence-corrected chi connectivity index (χ4v) is 5.95. The maximum atomic E-state index is 13.6. The number of hydrogen-bond donors (Lipinski definition) is 2. The second-order valence-corrected chi connectivity index (χ2v) is 10.1. The molecular weight excluding hydrogens is 460 g/mol. The molecule has 186 valence electrons. The van der Waals surface area contributed by atoms with Gasteiger partial charge in [-0.25, -0.2) is 0 Å². The average Bonchev–Trinajstić information content (AvgIpc) is 3.39. The maximum absolute atomic E-state index is 13.6. The summed E-state index contributed by atoms with van der Waals surface area (Å²) in [4.78, 5) is 32.2. The maximum Gasteiger partial charge on any atom is 0.300 e. The summed E-state index contributed by atoms with van der Waals surface area (Å²) in [6, 6.07) is 20.8. The summed E-state index contributed by atoms with van der Waals surface area (Å²) < 4.78 is 0. The first-order chi connectivity index (χ1) is 18.0. The fraction of sp³-hybridized carbons (Fsp3) is 0.250. The van der Waals surface area contributed by atoms with Crippen molar-refractivity contribution in [1.29, 1.82) is 0 Å². The van der Waals surface area contributed by atoms with Gasteiger partial charge < -0.3 is 10.1 Å². The number of aromatic amines is 1. The van der Waals surface area contributed by atoms with Crippen molar-refractivity contribution in [2.24, 2.45) is 0 Å². The summed E-state index contributed by atoms with van der Waals surface area (Å²) in [5.74, 6) is -1.41. The van der Waals surface area contributed by atoms with Gasteiger partial charge in [-0.2, -0.15) is 0 Å². The fourth-order valence-electron chi connectivity index (χ4n) is 5.95. The molecule has 0 radical (unpaired) electrons. The minimum atomic E-state index is -0.750. The van der Waals surface area contributed by atoms with Crippen molar-refractivity contribution in [3.63, 3.8) is 0 Å². The van der Waals surface area contributed by atoms with Crippen LogP contribution in [0.4, 0.5) is 5.69 Å². The number of benzene rings is 3. The first kappa shape index (κ1) is 23.3. The number of H-pyrrole nitrogens is 1. The first-order valence-electron chi connectivity index (χ1n) is 13.1. The van der Waals surface area contributed by atoms with Crippen LogP contribution in [-0.2, 0) is 28.9 Å². The minimum Gasteiger partial charge on any atom is -0.507 e. The second-order valence-electron chi connectivity index (χ2n) is 10.1. The van der Waals surface area contributed by atoms with Gasteiger partial charge in [0.2, 0.25) is 0 Å². The Bertz CT molecular complexity index is 1580. The van der Waals surface area contributed by atoms with Crippen LogP contribution in [0.5, 0.6) is 0 Å². The van der Waals surface area contributed by atoms with Crippen LogP contribution >= 0.6 is 0 Å². The smallest absolute Gasteiger partial charge is 0.300 e. The van der Waals surface area contributed by atoms with Crippen molar-refractivity contribution in [3.8, 4) is 0 Å². The number of rotatable bonds is 4. The lowest BCUT2D eigenvalue weighted by molar-refractivity contribution is -0.132. The molecule has 2 N–H and O–H groups in total. The molecule has 1 unspecified atom stereocenters. The van der Waals surface area contributed by atoms with Crippen molar-refractivity contribution in [1.82, 2.24) is 4.98 Å². The van der Waals surface area contributed by atoms with Gasteiger partial charge in [0.25, 0.3) is 11.7 Å². The van der Waals surface area contributed by atoms with Gasteiger partial charge in [-0.1, -0.05) is 49.4 Å². The molecule has 1 aliphatic heterocycles. The Balaban J connectivity index is 1.59. The Morgan fingerprint density at radius 1 is 0.973 bits per heavy atom. The number of aromatic nitrogens is 1. The number of aryl methyl sites for hydroxylation is 4. The number of hydrogen-bond acceptors (Lipinski definition) is 3. The van der Waals surface area contributed by atoms with Crippen molar-refractivity contribution in [3.05, 3.63) is 106 Å². The molecule has 4 aromatic rings. The third-order valence-electron chi connectivity index (χ3n) is 7.91. The number of aliphatic hydroxyl groups excluding tert-OH is 1. The number of ketones is 1. The van der Waals surface area contributed by atoms with Gasteiger partial charge >= 0.3 is 0 Å². The number of aliphatic hydroxyl groups is 1. The molecule has 37 heavy (non-hydrogen) atoms. The zero-order valence-electron chi connectivity index (χ0n) is 21.2. The van der Waals surface area contributed by atoms with Crippen LogP contribution in [0.1, 0.15) is 59.3 Å². The van der Waals surface area contributed by atoms with Crippen LogP contribution in [-0.4, -0.2) is 21.8 Å². The number of nitrogens with one attached hydrogen (secondary N) is 1. The number of amides is 1. The molecule has 0 saturated carbocycles. The summed E-state index contributed by atoms with van der Waals surface area (Å²) in [6.07, 6.45) is 5.15. The Hall–Kier alpha value is -4.12. The zero-order valence-corrected chi connectivity index (χ0v) is 21.2. The predicted octanol–water partition coefficient (Wildman–Crippen LogP) is 6.54. The molecule has 1 fully saturated rings. The molecule has 0 bridgehead atoms. The predicted molar refractivity (Wildman–Crippen MR) is 147 cm³/mol. The number of Topliss-reactive ketones (excluding diaryl/α,β-unsaturated/α-hetero) is 1. The molecule has 1 aromatic heterocycles. The largest absolute Gasteiger partial charge is 0.507 e. The Morgan fingerprint density at radius 2 is 1.70 bits per heavy atom. The van der Waals surface area contributed by atoms with Crippen LogP contribution in [0.25, 0.3) is 16.7 Å². The van der Waals surface area contributed by atoms with Crippen LogP contribution in [0.15, 0.2) is 72.3 Å². The summed E-state index contributed by atoms with van der Waals surface area (Å²) in [5.41, 5.74) is 7.62. The molecule has 1 aliphatic carbocycles. The topological polar surface area (TPSA) is 73.4 Å². The molecule has 1 saturated heterocycles. The van der Waals surface area contributed by atoms with Crippen molar-refractivity contribution in [2.45, 2.75) is 52.0 Å². The number of anilines is 1. The van der Waals surface area contributed by atoms with Gasteiger partial charge in [0.1, 0.15) is 5.76 Å². The van der Waals surface area contributed by atoms with Gasteiger partial charge in [0.15, 0.2) is 0 Å². The average molecular weight is 491 g/mol. The minimum absolute atomic E-state index is 0.117. The number of fused-ring (bicyclic) bond motifs is 2. The number of nitrogens with zero attached hydrogens (tertiary/aromatic N) is 1. The normalized spacial score (nSPS) is 19.0. The summed E-state index contributed by atoms with van der Waals surface area (Å²) >= 11 is 0. The molecule has 3 aromatic carbocycles. The lowest BCUT2D eigenvalue weighted by Crippen LogP contribution is -2.29. The SMILES string of the molecule is CCc1ccc(N2C(=O)C(=O)/C(=C(/O)c3ccc4c(c3)CCCC4)C2c2c(C)[nH]c3ccccc23)cc1. The van der Waals surface area contributed by atoms with Crippen LogP contribution in [0.3, 0.4) is 0 Å². The molecule has 1 atom stereocenters. The van der Waals surface area contributed by atoms with E-state index in [2.05, 4.69) is 18.0 Å². The highest BCUT2D eigenvalue weighted by Gasteiger charge is 2.48. The van der Waals surface area contributed by atoms with E-state index in [1.165, 1.54) is 17.5 Å². The van der Waals surface area contributed by atoms with E-state index in [1.54, 1.807) is 4.90 Å². The van der Waals surface area contributed by atoms with Gasteiger partial charge in [0.05, 0.1) is 11.6 Å². The molecule has 2 heterocycles. The molecule has 2 aliphatic rings. The van der Waals surface area contributed by atoms with Crippen molar-refractivity contribution >= 4 is 34.0 Å². The van der Waals surface area contributed by atoms with Gasteiger partial charge in [-0.15, -0.1) is 0 Å². The van der Waals surface area contributed by atoms with E-state index in [1.807, 2.05) is 67.6 Å². The molecule has 5 heteroatoms. The quantitative estimate of drug-likeness (QED) is 0.194. The number of para-hydroxylation sites is 1. The van der Waals surface area contributed by atoms with Gasteiger partial charge in [0, 0.05) is 33.4 Å². The van der Waals surface area contributed by atoms with Gasteiger partial charge in [-0.3, -0.25) is 14.5 Å². The lowest BCUT2D eigenvalue weighted by Gasteiger charge is -2.26. The molecule has 0 spiro atoms. The highest BCUT2D eigenvalue weighted by Crippen LogP contribution is 2.45. The Labute approximate surface area is 216 Å². The van der Waals surface area contributed by atoms with Crippen LogP contribution < -0.4 is 4.90 Å². The summed E-state index contributed by atoms with van der Waals surface area (Å²) in [6.45, 7) is 4.03.